The van der Waals surface area contributed by atoms with Gasteiger partial charge in [-0.25, -0.2) is 10.0 Å². The summed E-state index contributed by atoms with van der Waals surface area (Å²) in [5, 5.41) is 14.2. The highest BCUT2D eigenvalue weighted by Crippen LogP contribution is 2.35. The number of hydrogen-bond acceptors (Lipinski definition) is 7. The van der Waals surface area contributed by atoms with Crippen LogP contribution in [0.1, 0.15) is 24.5 Å². The second-order valence-corrected chi connectivity index (χ2v) is 7.88. The number of carbonyl (C=O) groups is 1. The monoisotopic (exact) mass is 452 g/mol. The molecule has 0 spiro atoms. The zero-order valence-corrected chi connectivity index (χ0v) is 18.9. The molecule has 1 aliphatic rings. The number of aliphatic hydroxyl groups is 1. The molecule has 0 saturated heterocycles. The molecular formula is C23H28N6O4. The van der Waals surface area contributed by atoms with E-state index in [1.807, 2.05) is 24.3 Å². The molecule has 174 valence electrons. The lowest BCUT2D eigenvalue weighted by atomic mass is 9.85. The Morgan fingerprint density at radius 1 is 1.30 bits per heavy atom. The van der Waals surface area contributed by atoms with Crippen molar-refractivity contribution >= 4 is 17.5 Å². The van der Waals surface area contributed by atoms with Gasteiger partial charge in [-0.05, 0) is 42.3 Å². The molecule has 2 atom stereocenters. The molecule has 2 aromatic rings. The summed E-state index contributed by atoms with van der Waals surface area (Å²) in [6.07, 6.45) is 0.164. The molecule has 10 heteroatoms. The van der Waals surface area contributed by atoms with Gasteiger partial charge in [-0.3, -0.25) is 10.2 Å². The maximum atomic E-state index is 13.4. The lowest BCUT2D eigenvalue weighted by molar-refractivity contribution is -0.132. The van der Waals surface area contributed by atoms with Crippen LogP contribution in [-0.2, 0) is 16.0 Å². The Bertz CT molecular complexity index is 1050. The standard InChI is InChI=1S/C23H28N6O4/c1-16-23(22(31)27-29(2)3,15-18-7-4-5-8-20(18)26-28-24)25-21(33-16)17-9-11-19(12-10-17)32-14-6-13-30/h4-5,7-12,16,30H,6,13-15H2,1-3H3,(H,27,31)/t16-,23-/m0/s1. The number of nitrogens with one attached hydrogen (secondary N) is 1. The SMILES string of the molecule is C[C@@H]1OC(c2ccc(OCCCO)cc2)=N[C@]1(Cc1ccccc1N=[N+]=[N-])C(=O)NN(C)C. The number of aliphatic hydroxyl groups excluding tert-OH is 1. The fraction of sp³-hybridized carbons (Fsp3) is 0.391. The Morgan fingerprint density at radius 3 is 2.70 bits per heavy atom. The number of nitrogens with zero attached hydrogens (tertiary/aromatic N) is 5. The van der Waals surface area contributed by atoms with E-state index in [-0.39, 0.29) is 18.9 Å². The number of ether oxygens (including phenoxy) is 2. The number of azide groups is 1. The fourth-order valence-electron chi connectivity index (χ4n) is 3.54. The van der Waals surface area contributed by atoms with Crippen LogP contribution in [0.5, 0.6) is 5.75 Å². The maximum absolute atomic E-state index is 13.4. The summed E-state index contributed by atoms with van der Waals surface area (Å²) in [4.78, 5) is 21.0. The molecule has 1 aliphatic heterocycles. The van der Waals surface area contributed by atoms with E-state index in [4.69, 9.17) is 25.1 Å². The summed E-state index contributed by atoms with van der Waals surface area (Å²) in [5.41, 5.74) is 12.3. The van der Waals surface area contributed by atoms with Gasteiger partial charge in [0.25, 0.3) is 5.91 Å². The van der Waals surface area contributed by atoms with Crippen molar-refractivity contribution in [1.82, 2.24) is 10.4 Å². The molecule has 1 heterocycles. The van der Waals surface area contributed by atoms with Crippen LogP contribution in [-0.4, -0.2) is 60.9 Å². The van der Waals surface area contributed by atoms with Crippen LogP contribution in [0, 0.1) is 0 Å². The Hall–Kier alpha value is -3.59. The summed E-state index contributed by atoms with van der Waals surface area (Å²) in [6, 6.07) is 14.3. The number of carbonyl (C=O) groups excluding carboxylic acids is 1. The van der Waals surface area contributed by atoms with Gasteiger partial charge in [0.15, 0.2) is 5.54 Å². The van der Waals surface area contributed by atoms with E-state index in [1.165, 1.54) is 0 Å². The van der Waals surface area contributed by atoms with Gasteiger partial charge in [-0.1, -0.05) is 29.4 Å². The predicted octanol–water partition coefficient (Wildman–Crippen LogP) is 3.13. The zero-order chi connectivity index (χ0) is 23.8. The van der Waals surface area contributed by atoms with E-state index < -0.39 is 11.6 Å². The maximum Gasteiger partial charge on any atom is 0.266 e. The quantitative estimate of drug-likeness (QED) is 0.188. The molecular weight excluding hydrogens is 424 g/mol. The van der Waals surface area contributed by atoms with Crippen molar-refractivity contribution in [2.75, 3.05) is 27.3 Å². The fourth-order valence-corrected chi connectivity index (χ4v) is 3.54. The molecule has 10 nitrogen and oxygen atoms in total. The minimum atomic E-state index is -1.27. The van der Waals surface area contributed by atoms with Crippen LogP contribution in [0.15, 0.2) is 58.6 Å². The number of amides is 1. The first-order valence-corrected chi connectivity index (χ1v) is 10.6. The molecule has 3 rings (SSSR count). The van der Waals surface area contributed by atoms with Gasteiger partial charge in [0.1, 0.15) is 11.9 Å². The number of rotatable bonds is 10. The van der Waals surface area contributed by atoms with Crippen molar-refractivity contribution in [3.05, 3.63) is 70.1 Å². The first kappa shape index (κ1) is 24.1. The number of hydrazine groups is 1. The van der Waals surface area contributed by atoms with Crippen LogP contribution in [0.2, 0.25) is 0 Å². The van der Waals surface area contributed by atoms with E-state index in [0.29, 0.717) is 41.5 Å². The molecule has 0 unspecified atom stereocenters. The third kappa shape index (κ3) is 5.61. The molecule has 2 N–H and O–H groups in total. The van der Waals surface area contributed by atoms with Crippen LogP contribution < -0.4 is 10.2 Å². The van der Waals surface area contributed by atoms with Crippen LogP contribution in [0.3, 0.4) is 0 Å². The number of aliphatic imine (C=N–C) groups is 1. The summed E-state index contributed by atoms with van der Waals surface area (Å²) in [7, 11) is 3.44. The summed E-state index contributed by atoms with van der Waals surface area (Å²) in [5.74, 6) is 0.688. The predicted molar refractivity (Wildman–Crippen MR) is 124 cm³/mol. The molecule has 0 radical (unpaired) electrons. The van der Waals surface area contributed by atoms with Crippen molar-refractivity contribution in [1.29, 1.82) is 0 Å². The normalized spacial score (nSPS) is 19.4. The van der Waals surface area contributed by atoms with Crippen molar-refractivity contribution in [2.24, 2.45) is 10.1 Å². The highest BCUT2D eigenvalue weighted by molar-refractivity contribution is 6.00. The van der Waals surface area contributed by atoms with Crippen LogP contribution >= 0.6 is 0 Å². The largest absolute Gasteiger partial charge is 0.494 e. The smallest absolute Gasteiger partial charge is 0.266 e. The van der Waals surface area contributed by atoms with Gasteiger partial charge in [-0.15, -0.1) is 0 Å². The average molecular weight is 453 g/mol. The molecule has 0 saturated carbocycles. The van der Waals surface area contributed by atoms with Crippen LogP contribution in [0.4, 0.5) is 5.69 Å². The second-order valence-electron chi connectivity index (χ2n) is 7.88. The van der Waals surface area contributed by atoms with E-state index in [9.17, 15) is 4.79 Å². The number of hydrogen-bond donors (Lipinski definition) is 2. The van der Waals surface area contributed by atoms with Gasteiger partial charge in [0, 0.05) is 49.7 Å². The van der Waals surface area contributed by atoms with Gasteiger partial charge >= 0.3 is 0 Å². The van der Waals surface area contributed by atoms with Crippen molar-refractivity contribution < 1.29 is 19.4 Å². The minimum absolute atomic E-state index is 0.0700. The number of benzene rings is 2. The summed E-state index contributed by atoms with van der Waals surface area (Å²) in [6.45, 7) is 2.29. The van der Waals surface area contributed by atoms with Crippen molar-refractivity contribution in [3.8, 4) is 5.75 Å². The van der Waals surface area contributed by atoms with Gasteiger partial charge in [0.2, 0.25) is 5.90 Å². The summed E-state index contributed by atoms with van der Waals surface area (Å²) >= 11 is 0. The van der Waals surface area contributed by atoms with E-state index in [1.54, 1.807) is 50.3 Å². The highest BCUT2D eigenvalue weighted by Gasteiger charge is 2.50. The molecule has 2 aromatic carbocycles. The van der Waals surface area contributed by atoms with E-state index >= 15 is 0 Å². The first-order chi connectivity index (χ1) is 15.9. The van der Waals surface area contributed by atoms with Crippen molar-refractivity contribution in [2.45, 2.75) is 31.4 Å². The van der Waals surface area contributed by atoms with Crippen molar-refractivity contribution in [3.63, 3.8) is 0 Å². The lowest BCUT2D eigenvalue weighted by Crippen LogP contribution is -2.55. The van der Waals surface area contributed by atoms with Gasteiger partial charge in [0.05, 0.1) is 6.61 Å². The lowest BCUT2D eigenvalue weighted by Gasteiger charge is -2.30. The molecule has 1 amide bonds. The Kier molecular flexibility index (Phi) is 7.89. The zero-order valence-electron chi connectivity index (χ0n) is 18.9. The second kappa shape index (κ2) is 10.8. The Labute approximate surface area is 192 Å². The Balaban J connectivity index is 1.96. The third-order valence-corrected chi connectivity index (χ3v) is 5.26. The highest BCUT2D eigenvalue weighted by atomic mass is 16.5. The minimum Gasteiger partial charge on any atom is -0.494 e. The van der Waals surface area contributed by atoms with E-state index in [0.717, 1.165) is 0 Å². The van der Waals surface area contributed by atoms with Crippen LogP contribution in [0.25, 0.3) is 10.4 Å². The Morgan fingerprint density at radius 2 is 2.03 bits per heavy atom. The molecule has 0 fully saturated rings. The molecule has 33 heavy (non-hydrogen) atoms. The molecule has 0 bridgehead atoms. The average Bonchev–Trinajstić information content (AvgIpc) is 3.13. The first-order valence-electron chi connectivity index (χ1n) is 10.6. The van der Waals surface area contributed by atoms with Gasteiger partial charge in [-0.2, -0.15) is 0 Å². The van der Waals surface area contributed by atoms with E-state index in [2.05, 4.69) is 15.5 Å². The topological polar surface area (TPSA) is 132 Å². The summed E-state index contributed by atoms with van der Waals surface area (Å²) < 4.78 is 11.6. The van der Waals surface area contributed by atoms with Gasteiger partial charge < -0.3 is 14.6 Å². The molecule has 0 aliphatic carbocycles. The third-order valence-electron chi connectivity index (χ3n) is 5.26. The molecule has 0 aromatic heterocycles.